The molecule has 3 aromatic rings. The molecule has 1 atom stereocenters. The SMILES string of the molecule is CC(C)c1nnc(CN2CCCC(c3nccn3Cc3ccccc3)C2)o1. The zero-order valence-corrected chi connectivity index (χ0v) is 16.1. The Morgan fingerprint density at radius 2 is 2.00 bits per heavy atom. The van der Waals surface area contributed by atoms with Gasteiger partial charge in [0.15, 0.2) is 0 Å². The van der Waals surface area contributed by atoms with E-state index in [0.29, 0.717) is 11.8 Å². The van der Waals surface area contributed by atoms with Crippen LogP contribution >= 0.6 is 0 Å². The second-order valence-corrected chi connectivity index (χ2v) is 7.66. The van der Waals surface area contributed by atoms with E-state index in [1.54, 1.807) is 0 Å². The summed E-state index contributed by atoms with van der Waals surface area (Å²) in [5.41, 5.74) is 1.30. The van der Waals surface area contributed by atoms with Gasteiger partial charge >= 0.3 is 0 Å². The lowest BCUT2D eigenvalue weighted by Crippen LogP contribution is -2.35. The third kappa shape index (κ3) is 4.27. The fourth-order valence-corrected chi connectivity index (χ4v) is 3.76. The molecule has 1 aromatic carbocycles. The largest absolute Gasteiger partial charge is 0.424 e. The molecule has 1 aliphatic heterocycles. The highest BCUT2D eigenvalue weighted by molar-refractivity contribution is 5.16. The van der Waals surface area contributed by atoms with Crippen LogP contribution in [0.15, 0.2) is 47.1 Å². The number of likely N-dealkylation sites (tertiary alicyclic amines) is 1. The molecule has 6 nitrogen and oxygen atoms in total. The number of imidazole rings is 1. The maximum Gasteiger partial charge on any atom is 0.230 e. The van der Waals surface area contributed by atoms with E-state index in [4.69, 9.17) is 4.42 Å². The van der Waals surface area contributed by atoms with Crippen molar-refractivity contribution in [2.75, 3.05) is 13.1 Å². The van der Waals surface area contributed by atoms with Gasteiger partial charge in [-0.3, -0.25) is 4.90 Å². The Labute approximate surface area is 160 Å². The van der Waals surface area contributed by atoms with Gasteiger partial charge in [-0.15, -0.1) is 10.2 Å². The van der Waals surface area contributed by atoms with Gasteiger partial charge in [-0.1, -0.05) is 44.2 Å². The molecule has 3 heterocycles. The highest BCUT2D eigenvalue weighted by atomic mass is 16.4. The number of hydrogen-bond acceptors (Lipinski definition) is 5. The minimum atomic E-state index is 0.269. The van der Waals surface area contributed by atoms with Crippen molar-refractivity contribution in [1.29, 1.82) is 0 Å². The standard InChI is InChI=1S/C21H27N5O/c1-16(2)21-24-23-19(27-21)15-25-11-6-9-18(14-25)20-22-10-12-26(20)13-17-7-4-3-5-8-17/h3-5,7-8,10,12,16,18H,6,9,11,13-15H2,1-2H3. The third-order valence-electron chi connectivity index (χ3n) is 5.15. The summed E-state index contributed by atoms with van der Waals surface area (Å²) in [7, 11) is 0. The zero-order valence-electron chi connectivity index (χ0n) is 16.1. The summed E-state index contributed by atoms with van der Waals surface area (Å²) in [4.78, 5) is 7.10. The van der Waals surface area contributed by atoms with E-state index < -0.39 is 0 Å². The molecule has 4 rings (SSSR count). The van der Waals surface area contributed by atoms with Crippen molar-refractivity contribution in [3.63, 3.8) is 0 Å². The average Bonchev–Trinajstić information content (AvgIpc) is 3.32. The van der Waals surface area contributed by atoms with E-state index in [1.165, 1.54) is 17.8 Å². The van der Waals surface area contributed by atoms with Gasteiger partial charge in [0, 0.05) is 37.3 Å². The smallest absolute Gasteiger partial charge is 0.230 e. The van der Waals surface area contributed by atoms with Crippen LogP contribution in [0.3, 0.4) is 0 Å². The van der Waals surface area contributed by atoms with Crippen LogP contribution in [0.25, 0.3) is 0 Å². The first kappa shape index (κ1) is 17.9. The van der Waals surface area contributed by atoms with Crippen LogP contribution in [0, 0.1) is 0 Å². The molecule has 0 amide bonds. The molecule has 27 heavy (non-hydrogen) atoms. The first-order valence-electron chi connectivity index (χ1n) is 9.78. The van der Waals surface area contributed by atoms with Crippen LogP contribution in [0.2, 0.25) is 0 Å². The van der Waals surface area contributed by atoms with E-state index in [9.17, 15) is 0 Å². The molecule has 0 saturated carbocycles. The minimum Gasteiger partial charge on any atom is -0.424 e. The lowest BCUT2D eigenvalue weighted by Gasteiger charge is -2.31. The molecule has 1 aliphatic rings. The second-order valence-electron chi connectivity index (χ2n) is 7.66. The van der Waals surface area contributed by atoms with Crippen LogP contribution in [0.1, 0.15) is 61.7 Å². The highest BCUT2D eigenvalue weighted by Crippen LogP contribution is 2.27. The van der Waals surface area contributed by atoms with Crippen molar-refractivity contribution in [2.45, 2.75) is 51.6 Å². The number of piperidine rings is 1. The molecule has 1 saturated heterocycles. The summed E-state index contributed by atoms with van der Waals surface area (Å²) in [6, 6.07) is 10.6. The minimum absolute atomic E-state index is 0.269. The number of hydrogen-bond donors (Lipinski definition) is 0. The molecular weight excluding hydrogens is 338 g/mol. The van der Waals surface area contributed by atoms with Crippen molar-refractivity contribution in [2.24, 2.45) is 0 Å². The summed E-state index contributed by atoms with van der Waals surface area (Å²) in [6.07, 6.45) is 6.34. The molecule has 2 aromatic heterocycles. The molecule has 1 unspecified atom stereocenters. The maximum atomic E-state index is 5.79. The van der Waals surface area contributed by atoms with E-state index in [-0.39, 0.29) is 5.92 Å². The van der Waals surface area contributed by atoms with Crippen molar-refractivity contribution in [3.05, 3.63) is 65.9 Å². The second kappa shape index (κ2) is 8.05. The van der Waals surface area contributed by atoms with Crippen molar-refractivity contribution in [3.8, 4) is 0 Å². The Kier molecular flexibility index (Phi) is 5.34. The van der Waals surface area contributed by atoms with Gasteiger partial charge in [0.05, 0.1) is 6.54 Å². The van der Waals surface area contributed by atoms with Gasteiger partial charge in [0.2, 0.25) is 11.8 Å². The van der Waals surface area contributed by atoms with E-state index in [2.05, 4.69) is 75.0 Å². The number of nitrogens with zero attached hydrogens (tertiary/aromatic N) is 5. The van der Waals surface area contributed by atoms with Crippen LogP contribution in [-0.4, -0.2) is 37.7 Å². The number of rotatable bonds is 6. The van der Waals surface area contributed by atoms with Crippen molar-refractivity contribution in [1.82, 2.24) is 24.6 Å². The Bertz CT molecular complexity index is 854. The Hall–Kier alpha value is -2.47. The molecular formula is C21H27N5O. The predicted molar refractivity (Wildman–Crippen MR) is 103 cm³/mol. The highest BCUT2D eigenvalue weighted by Gasteiger charge is 2.26. The predicted octanol–water partition coefficient (Wildman–Crippen LogP) is 3.82. The van der Waals surface area contributed by atoms with E-state index >= 15 is 0 Å². The fraction of sp³-hybridized carbons (Fsp3) is 0.476. The van der Waals surface area contributed by atoms with Gasteiger partial charge in [0.1, 0.15) is 5.82 Å². The van der Waals surface area contributed by atoms with Gasteiger partial charge < -0.3 is 8.98 Å². The summed E-state index contributed by atoms with van der Waals surface area (Å²) in [5, 5.41) is 8.36. The molecule has 0 spiro atoms. The average molecular weight is 365 g/mol. The molecule has 6 heteroatoms. The lowest BCUT2D eigenvalue weighted by molar-refractivity contribution is 0.177. The van der Waals surface area contributed by atoms with Crippen molar-refractivity contribution < 1.29 is 4.42 Å². The Balaban J connectivity index is 1.43. The van der Waals surface area contributed by atoms with Crippen LogP contribution < -0.4 is 0 Å². The molecule has 0 radical (unpaired) electrons. The Morgan fingerprint density at radius 1 is 1.15 bits per heavy atom. The summed E-state index contributed by atoms with van der Waals surface area (Å²) >= 11 is 0. The van der Waals surface area contributed by atoms with Gasteiger partial charge in [0.25, 0.3) is 0 Å². The van der Waals surface area contributed by atoms with Crippen LogP contribution in [0.4, 0.5) is 0 Å². The van der Waals surface area contributed by atoms with E-state index in [1.807, 2.05) is 6.20 Å². The first-order chi connectivity index (χ1) is 13.2. The zero-order chi connectivity index (χ0) is 18.6. The van der Waals surface area contributed by atoms with E-state index in [0.717, 1.165) is 38.5 Å². The van der Waals surface area contributed by atoms with Gasteiger partial charge in [-0.2, -0.15) is 0 Å². The topological polar surface area (TPSA) is 60.0 Å². The third-order valence-corrected chi connectivity index (χ3v) is 5.15. The van der Waals surface area contributed by atoms with Gasteiger partial charge in [-0.25, -0.2) is 4.98 Å². The molecule has 142 valence electrons. The van der Waals surface area contributed by atoms with Gasteiger partial charge in [-0.05, 0) is 24.9 Å². The monoisotopic (exact) mass is 365 g/mol. The maximum absolute atomic E-state index is 5.79. The molecule has 0 bridgehead atoms. The number of benzene rings is 1. The van der Waals surface area contributed by atoms with Crippen LogP contribution in [0.5, 0.6) is 0 Å². The Morgan fingerprint density at radius 3 is 2.78 bits per heavy atom. The lowest BCUT2D eigenvalue weighted by atomic mass is 9.97. The first-order valence-corrected chi connectivity index (χ1v) is 9.78. The number of aromatic nitrogens is 4. The fourth-order valence-electron chi connectivity index (χ4n) is 3.76. The normalized spacial score (nSPS) is 18.3. The summed E-state index contributed by atoms with van der Waals surface area (Å²) in [5.74, 6) is 3.32. The van der Waals surface area contributed by atoms with Crippen molar-refractivity contribution >= 4 is 0 Å². The molecule has 0 aliphatic carbocycles. The molecule has 1 fully saturated rings. The summed E-state index contributed by atoms with van der Waals surface area (Å²) < 4.78 is 8.08. The van der Waals surface area contributed by atoms with Crippen LogP contribution in [-0.2, 0) is 13.1 Å². The quantitative estimate of drug-likeness (QED) is 0.665. The summed E-state index contributed by atoms with van der Waals surface area (Å²) in [6.45, 7) is 7.77. The molecule has 0 N–H and O–H groups in total.